The van der Waals surface area contributed by atoms with Crippen LogP contribution in [-0.4, -0.2) is 41.0 Å². The highest BCUT2D eigenvalue weighted by Gasteiger charge is 2.22. The van der Waals surface area contributed by atoms with Crippen LogP contribution >= 0.6 is 0 Å². The maximum absolute atomic E-state index is 11.5. The van der Waals surface area contributed by atoms with Crippen molar-refractivity contribution < 1.29 is 19.5 Å². The Kier molecular flexibility index (Phi) is 6.32. The normalized spacial score (nSPS) is 12.8. The van der Waals surface area contributed by atoms with E-state index in [4.69, 9.17) is 10.8 Å². The molecule has 7 nitrogen and oxygen atoms in total. The van der Waals surface area contributed by atoms with Crippen molar-refractivity contribution in [3.8, 4) is 0 Å². The number of nitrogens with two attached hydrogens (primary N) is 1. The molecule has 104 valence electrons. The second kappa shape index (κ2) is 6.95. The fourth-order valence-electron chi connectivity index (χ4n) is 1.22. The number of carboxylic acids is 1. The van der Waals surface area contributed by atoms with Crippen LogP contribution in [0.4, 0.5) is 0 Å². The summed E-state index contributed by atoms with van der Waals surface area (Å²) in [7, 11) is 0. The molecule has 0 heterocycles. The number of carbonyl (C=O) groups is 3. The summed E-state index contributed by atoms with van der Waals surface area (Å²) in [6.07, 6.45) is -0.270. The zero-order valence-corrected chi connectivity index (χ0v) is 10.9. The lowest BCUT2D eigenvalue weighted by atomic mass is 10.1. The molecule has 5 N–H and O–H groups in total. The van der Waals surface area contributed by atoms with E-state index < -0.39 is 30.2 Å². The molecule has 0 spiro atoms. The van der Waals surface area contributed by atoms with Gasteiger partial charge in [-0.15, -0.1) is 0 Å². The van der Waals surface area contributed by atoms with Gasteiger partial charge in [-0.3, -0.25) is 9.59 Å². The average molecular weight is 259 g/mol. The molecule has 0 aliphatic rings. The molecule has 2 amide bonds. The summed E-state index contributed by atoms with van der Waals surface area (Å²) in [6, 6.07) is -1.26. The van der Waals surface area contributed by atoms with Gasteiger partial charge in [-0.05, 0) is 20.8 Å². The Morgan fingerprint density at radius 1 is 1.28 bits per heavy atom. The van der Waals surface area contributed by atoms with E-state index in [2.05, 4.69) is 10.6 Å². The second-order valence-electron chi connectivity index (χ2n) is 5.06. The Bertz CT molecular complexity index is 323. The topological polar surface area (TPSA) is 122 Å². The highest BCUT2D eigenvalue weighted by atomic mass is 16.4. The predicted molar refractivity (Wildman–Crippen MR) is 65.8 cm³/mol. The summed E-state index contributed by atoms with van der Waals surface area (Å²) >= 11 is 0. The first-order valence-corrected chi connectivity index (χ1v) is 5.67. The minimum absolute atomic E-state index is 0.111. The van der Waals surface area contributed by atoms with E-state index in [1.54, 1.807) is 0 Å². The lowest BCUT2D eigenvalue weighted by molar-refractivity contribution is -0.143. The van der Waals surface area contributed by atoms with E-state index in [9.17, 15) is 14.4 Å². The Balaban J connectivity index is 4.11. The first-order valence-electron chi connectivity index (χ1n) is 5.67. The van der Waals surface area contributed by atoms with Gasteiger partial charge in [-0.1, -0.05) is 0 Å². The summed E-state index contributed by atoms with van der Waals surface area (Å²) in [5.74, 6) is -2.47. The Morgan fingerprint density at radius 2 is 1.83 bits per heavy atom. The molecule has 0 bridgehead atoms. The highest BCUT2D eigenvalue weighted by molar-refractivity contribution is 5.88. The van der Waals surface area contributed by atoms with Crippen molar-refractivity contribution >= 4 is 17.8 Å². The number of carboxylic acid groups (broad SMARTS) is 1. The standard InChI is InChI=1S/C11H21N3O4/c1-11(2,3)13-5-4-9(16)14-7(10(17)18)6-8(12)15/h7,13H,4-6H2,1-3H3,(H2,12,15)(H,14,16)(H,17,18). The number of hydrogen-bond donors (Lipinski definition) is 4. The molecule has 0 aromatic carbocycles. The van der Waals surface area contributed by atoms with E-state index in [0.717, 1.165) is 0 Å². The number of carbonyl (C=O) groups excluding carboxylic acids is 2. The molecule has 0 aliphatic heterocycles. The van der Waals surface area contributed by atoms with Crippen molar-refractivity contribution in [1.82, 2.24) is 10.6 Å². The van der Waals surface area contributed by atoms with Gasteiger partial charge in [0.05, 0.1) is 6.42 Å². The molecule has 18 heavy (non-hydrogen) atoms. The van der Waals surface area contributed by atoms with Crippen molar-refractivity contribution in [2.45, 2.75) is 45.2 Å². The smallest absolute Gasteiger partial charge is 0.326 e. The molecular formula is C11H21N3O4. The highest BCUT2D eigenvalue weighted by Crippen LogP contribution is 1.98. The third kappa shape index (κ3) is 8.51. The van der Waals surface area contributed by atoms with E-state index in [-0.39, 0.29) is 12.0 Å². The van der Waals surface area contributed by atoms with Gasteiger partial charge in [-0.25, -0.2) is 4.79 Å². The molecule has 0 fully saturated rings. The number of nitrogens with one attached hydrogen (secondary N) is 2. The second-order valence-corrected chi connectivity index (χ2v) is 5.06. The van der Waals surface area contributed by atoms with Gasteiger partial charge in [0.2, 0.25) is 11.8 Å². The summed E-state index contributed by atoms with van der Waals surface area (Å²) in [5, 5.41) is 14.1. The van der Waals surface area contributed by atoms with E-state index in [1.807, 2.05) is 20.8 Å². The van der Waals surface area contributed by atoms with E-state index >= 15 is 0 Å². The molecule has 0 aromatic heterocycles. The number of primary amides is 1. The monoisotopic (exact) mass is 259 g/mol. The third-order valence-electron chi connectivity index (χ3n) is 2.05. The molecule has 1 unspecified atom stereocenters. The lowest BCUT2D eigenvalue weighted by Gasteiger charge is -2.20. The van der Waals surface area contributed by atoms with Gasteiger partial charge >= 0.3 is 5.97 Å². The van der Waals surface area contributed by atoms with Crippen LogP contribution in [0, 0.1) is 0 Å². The number of aliphatic carboxylic acids is 1. The minimum Gasteiger partial charge on any atom is -0.480 e. The van der Waals surface area contributed by atoms with Crippen molar-refractivity contribution in [3.63, 3.8) is 0 Å². The molecule has 1 atom stereocenters. The largest absolute Gasteiger partial charge is 0.480 e. The first kappa shape index (κ1) is 16.4. The van der Waals surface area contributed by atoms with Crippen molar-refractivity contribution in [3.05, 3.63) is 0 Å². The van der Waals surface area contributed by atoms with Gasteiger partial charge in [0, 0.05) is 18.5 Å². The Morgan fingerprint density at radius 3 is 2.22 bits per heavy atom. The minimum atomic E-state index is -1.27. The predicted octanol–water partition coefficient (Wildman–Crippen LogP) is -0.791. The van der Waals surface area contributed by atoms with Crippen molar-refractivity contribution in [1.29, 1.82) is 0 Å². The van der Waals surface area contributed by atoms with Crippen LogP contribution in [0.25, 0.3) is 0 Å². The Hall–Kier alpha value is -1.63. The summed E-state index contributed by atoms with van der Waals surface area (Å²) in [4.78, 5) is 32.9. The van der Waals surface area contributed by atoms with Gasteiger partial charge in [-0.2, -0.15) is 0 Å². The first-order chi connectivity index (χ1) is 8.11. The molecule has 0 radical (unpaired) electrons. The van der Waals surface area contributed by atoms with E-state index in [0.29, 0.717) is 6.54 Å². The SMILES string of the molecule is CC(C)(C)NCCC(=O)NC(CC(N)=O)C(=O)O. The maximum Gasteiger partial charge on any atom is 0.326 e. The number of amides is 2. The quantitative estimate of drug-likeness (QED) is 0.477. The van der Waals surface area contributed by atoms with Crippen LogP contribution in [-0.2, 0) is 14.4 Å². The molecule has 0 saturated carbocycles. The van der Waals surface area contributed by atoms with E-state index in [1.165, 1.54) is 0 Å². The third-order valence-corrected chi connectivity index (χ3v) is 2.05. The van der Waals surface area contributed by atoms with Crippen LogP contribution < -0.4 is 16.4 Å². The van der Waals surface area contributed by atoms with Crippen molar-refractivity contribution in [2.75, 3.05) is 6.54 Å². The summed E-state index contributed by atoms with van der Waals surface area (Å²) in [5.41, 5.74) is 4.79. The Labute approximate surface area is 106 Å². The molecule has 7 heteroatoms. The zero-order chi connectivity index (χ0) is 14.3. The summed E-state index contributed by atoms with van der Waals surface area (Å²) < 4.78 is 0. The molecule has 0 aliphatic carbocycles. The van der Waals surface area contributed by atoms with Gasteiger partial charge in [0.15, 0.2) is 0 Å². The van der Waals surface area contributed by atoms with Crippen LogP contribution in [0.15, 0.2) is 0 Å². The molecular weight excluding hydrogens is 238 g/mol. The number of hydrogen-bond acceptors (Lipinski definition) is 4. The van der Waals surface area contributed by atoms with Gasteiger partial charge in [0.25, 0.3) is 0 Å². The number of rotatable bonds is 7. The molecule has 0 saturated heterocycles. The van der Waals surface area contributed by atoms with Crippen LogP contribution in [0.1, 0.15) is 33.6 Å². The lowest BCUT2D eigenvalue weighted by Crippen LogP contribution is -2.45. The van der Waals surface area contributed by atoms with Crippen LogP contribution in [0.3, 0.4) is 0 Å². The van der Waals surface area contributed by atoms with Crippen molar-refractivity contribution in [2.24, 2.45) is 5.73 Å². The summed E-state index contributed by atoms with van der Waals surface area (Å²) in [6.45, 7) is 6.30. The fraction of sp³-hybridized carbons (Fsp3) is 0.727. The van der Waals surface area contributed by atoms with Gasteiger partial charge < -0.3 is 21.5 Å². The molecule has 0 rings (SSSR count). The van der Waals surface area contributed by atoms with Gasteiger partial charge in [0.1, 0.15) is 6.04 Å². The fourth-order valence-corrected chi connectivity index (χ4v) is 1.22. The van der Waals surface area contributed by atoms with Crippen LogP contribution in [0.2, 0.25) is 0 Å². The maximum atomic E-state index is 11.5. The van der Waals surface area contributed by atoms with Crippen LogP contribution in [0.5, 0.6) is 0 Å². The zero-order valence-electron chi connectivity index (χ0n) is 10.9. The molecule has 0 aromatic rings. The average Bonchev–Trinajstić information content (AvgIpc) is 2.13.